The van der Waals surface area contributed by atoms with Crippen molar-refractivity contribution in [3.8, 4) is 11.3 Å². The molecule has 13 heteroatoms. The minimum atomic E-state index is -3.75. The van der Waals surface area contributed by atoms with E-state index >= 15 is 0 Å². The van der Waals surface area contributed by atoms with Gasteiger partial charge in [-0.3, -0.25) is 13.3 Å². The fourth-order valence-electron chi connectivity index (χ4n) is 4.20. The largest absolute Gasteiger partial charge is 0.455 e. The molecule has 1 aliphatic rings. The Kier molecular flexibility index (Phi) is 8.12. The SMILES string of the molecule is CNC(=O)c1c(-c2ccc(F)cc2)oc2cc(N(CCOCCOS(C)(=O)=O)S(C)(=O)=O)c(C3CC3)cc12. The van der Waals surface area contributed by atoms with Crippen LogP contribution in [0.1, 0.15) is 34.7 Å². The predicted molar refractivity (Wildman–Crippen MR) is 141 cm³/mol. The van der Waals surface area contributed by atoms with E-state index in [4.69, 9.17) is 9.15 Å². The predicted octanol–water partition coefficient (Wildman–Crippen LogP) is 3.23. The lowest BCUT2D eigenvalue weighted by Gasteiger charge is -2.25. The Bertz CT molecular complexity index is 1550. The summed E-state index contributed by atoms with van der Waals surface area (Å²) in [5.74, 6) is -0.455. The second kappa shape index (κ2) is 11.0. The van der Waals surface area contributed by atoms with Crippen LogP contribution in [0.5, 0.6) is 0 Å². The van der Waals surface area contributed by atoms with Crippen LogP contribution in [-0.4, -0.2) is 68.7 Å². The van der Waals surface area contributed by atoms with Crippen molar-refractivity contribution in [2.45, 2.75) is 18.8 Å². The summed E-state index contributed by atoms with van der Waals surface area (Å²) >= 11 is 0. The fourth-order valence-corrected chi connectivity index (χ4v) is 5.49. The third-order valence-electron chi connectivity index (χ3n) is 6.05. The summed E-state index contributed by atoms with van der Waals surface area (Å²) in [6, 6.07) is 8.96. The highest BCUT2D eigenvalue weighted by atomic mass is 32.2. The van der Waals surface area contributed by atoms with Crippen LogP contribution < -0.4 is 9.62 Å². The van der Waals surface area contributed by atoms with Gasteiger partial charge in [-0.25, -0.2) is 12.8 Å². The van der Waals surface area contributed by atoms with Crippen LogP contribution in [0.15, 0.2) is 40.8 Å². The number of benzene rings is 2. The molecule has 1 aliphatic carbocycles. The van der Waals surface area contributed by atoms with Gasteiger partial charge in [0.2, 0.25) is 10.0 Å². The third kappa shape index (κ3) is 6.52. The number of nitrogens with zero attached hydrogens (tertiary/aromatic N) is 1. The Morgan fingerprint density at radius 2 is 1.76 bits per heavy atom. The maximum Gasteiger partial charge on any atom is 0.264 e. The fraction of sp³-hybridized carbons (Fsp3) is 0.400. The number of furan rings is 1. The zero-order valence-electron chi connectivity index (χ0n) is 21.2. The van der Waals surface area contributed by atoms with E-state index in [1.165, 1.54) is 35.6 Å². The van der Waals surface area contributed by atoms with Crippen LogP contribution in [-0.2, 0) is 29.1 Å². The Hall–Kier alpha value is -3.00. The summed E-state index contributed by atoms with van der Waals surface area (Å²) in [5, 5.41) is 3.14. The second-order valence-corrected chi connectivity index (χ2v) is 12.6. The summed E-state index contributed by atoms with van der Waals surface area (Å²) in [5.41, 5.74) is 2.27. The van der Waals surface area contributed by atoms with E-state index in [-0.39, 0.29) is 49.5 Å². The number of sulfonamides is 1. The number of fused-ring (bicyclic) bond motifs is 1. The molecule has 1 saturated carbocycles. The smallest absolute Gasteiger partial charge is 0.264 e. The standard InChI is InChI=1S/C25H29FN2O8S2/c1-27-25(29)23-20-14-19(16-4-5-16)21(15-22(20)36-24(23)17-6-8-18(26)9-7-17)28(37(2,30)31)10-11-34-12-13-35-38(3,32)33/h6-9,14-16H,4-5,10-13H2,1-3H3,(H,27,29). The Morgan fingerprint density at radius 3 is 2.34 bits per heavy atom. The van der Waals surface area contributed by atoms with Crippen molar-refractivity contribution in [1.29, 1.82) is 0 Å². The van der Waals surface area contributed by atoms with Crippen LogP contribution in [0, 0.1) is 5.82 Å². The molecule has 2 aromatic carbocycles. The maximum atomic E-state index is 13.5. The summed E-state index contributed by atoms with van der Waals surface area (Å²) in [6.45, 7) is -0.257. The van der Waals surface area contributed by atoms with Gasteiger partial charge >= 0.3 is 0 Å². The average Bonchev–Trinajstić information content (AvgIpc) is 3.62. The number of hydrogen-bond acceptors (Lipinski definition) is 8. The van der Waals surface area contributed by atoms with Gasteiger partial charge in [0.05, 0.1) is 50.1 Å². The lowest BCUT2D eigenvalue weighted by molar-refractivity contribution is 0.0964. The normalized spacial score (nSPS) is 14.1. The first kappa shape index (κ1) is 28.0. The Morgan fingerprint density at radius 1 is 1.08 bits per heavy atom. The molecule has 3 aromatic rings. The van der Waals surface area contributed by atoms with Crippen LogP contribution >= 0.6 is 0 Å². The number of nitrogens with one attached hydrogen (secondary N) is 1. The average molecular weight is 569 g/mol. The zero-order chi connectivity index (χ0) is 27.7. The number of rotatable bonds is 12. The second-order valence-electron chi connectivity index (χ2n) is 9.05. The summed E-state index contributed by atoms with van der Waals surface area (Å²) in [4.78, 5) is 12.9. The zero-order valence-corrected chi connectivity index (χ0v) is 22.8. The first-order chi connectivity index (χ1) is 17.9. The van der Waals surface area contributed by atoms with E-state index in [1.54, 1.807) is 12.1 Å². The van der Waals surface area contributed by atoms with E-state index in [0.717, 1.165) is 30.9 Å². The van der Waals surface area contributed by atoms with Gasteiger partial charge in [-0.05, 0) is 54.7 Å². The summed E-state index contributed by atoms with van der Waals surface area (Å²) in [6.07, 6.45) is 3.75. The van der Waals surface area contributed by atoms with Gasteiger partial charge in [0.1, 0.15) is 17.2 Å². The molecule has 206 valence electrons. The van der Waals surface area contributed by atoms with Crippen molar-refractivity contribution < 1.29 is 39.4 Å². The highest BCUT2D eigenvalue weighted by molar-refractivity contribution is 7.92. The van der Waals surface area contributed by atoms with Crippen LogP contribution in [0.4, 0.5) is 10.1 Å². The minimum Gasteiger partial charge on any atom is -0.455 e. The van der Waals surface area contributed by atoms with Gasteiger partial charge in [0, 0.05) is 24.1 Å². The van der Waals surface area contributed by atoms with E-state index in [0.29, 0.717) is 22.2 Å². The quantitative estimate of drug-likeness (QED) is 0.260. The Balaban J connectivity index is 1.73. The molecule has 1 heterocycles. The molecule has 0 bridgehead atoms. The molecule has 10 nitrogen and oxygen atoms in total. The molecule has 1 N–H and O–H groups in total. The third-order valence-corrected chi connectivity index (χ3v) is 7.82. The van der Waals surface area contributed by atoms with Crippen molar-refractivity contribution in [2.24, 2.45) is 0 Å². The first-order valence-electron chi connectivity index (χ1n) is 11.9. The van der Waals surface area contributed by atoms with Crippen LogP contribution in [0.25, 0.3) is 22.3 Å². The summed E-state index contributed by atoms with van der Waals surface area (Å²) in [7, 11) is -5.85. The minimum absolute atomic E-state index is 0.00912. The monoisotopic (exact) mass is 568 g/mol. The number of carbonyl (C=O) groups excluding carboxylic acids is 1. The lowest BCUT2D eigenvalue weighted by atomic mass is 10.0. The van der Waals surface area contributed by atoms with Gasteiger partial charge in [0.15, 0.2) is 0 Å². The molecule has 0 radical (unpaired) electrons. The molecule has 1 amide bonds. The molecule has 0 aliphatic heterocycles. The number of anilines is 1. The van der Waals surface area contributed by atoms with Crippen molar-refractivity contribution in [3.05, 3.63) is 53.3 Å². The summed E-state index contributed by atoms with van der Waals surface area (Å²) < 4.78 is 78.7. The molecule has 0 saturated heterocycles. The molecule has 0 atom stereocenters. The van der Waals surface area contributed by atoms with E-state index in [1.807, 2.05) is 0 Å². The van der Waals surface area contributed by atoms with Crippen LogP contribution in [0.2, 0.25) is 0 Å². The molecule has 0 spiro atoms. The van der Waals surface area contributed by atoms with Gasteiger partial charge in [-0.2, -0.15) is 8.42 Å². The van der Waals surface area contributed by atoms with E-state index in [9.17, 15) is 26.0 Å². The lowest BCUT2D eigenvalue weighted by Crippen LogP contribution is -2.34. The van der Waals surface area contributed by atoms with Crippen molar-refractivity contribution >= 4 is 42.7 Å². The topological polar surface area (TPSA) is 132 Å². The highest BCUT2D eigenvalue weighted by Gasteiger charge is 2.33. The molecular weight excluding hydrogens is 539 g/mol. The maximum absolute atomic E-state index is 13.5. The van der Waals surface area contributed by atoms with Crippen molar-refractivity contribution in [2.75, 3.05) is 50.2 Å². The van der Waals surface area contributed by atoms with Gasteiger partial charge < -0.3 is 14.5 Å². The number of ether oxygens (including phenoxy) is 1. The number of amides is 1. The van der Waals surface area contributed by atoms with Crippen molar-refractivity contribution in [1.82, 2.24) is 5.32 Å². The van der Waals surface area contributed by atoms with Gasteiger partial charge in [0.25, 0.3) is 16.0 Å². The highest BCUT2D eigenvalue weighted by Crippen LogP contribution is 2.48. The van der Waals surface area contributed by atoms with Gasteiger partial charge in [-0.15, -0.1) is 0 Å². The van der Waals surface area contributed by atoms with E-state index < -0.39 is 26.0 Å². The van der Waals surface area contributed by atoms with Crippen LogP contribution in [0.3, 0.4) is 0 Å². The number of carbonyl (C=O) groups is 1. The number of halogens is 1. The van der Waals surface area contributed by atoms with Gasteiger partial charge in [-0.1, -0.05) is 0 Å². The molecule has 4 rings (SSSR count). The van der Waals surface area contributed by atoms with Crippen molar-refractivity contribution in [3.63, 3.8) is 0 Å². The molecule has 1 fully saturated rings. The molecule has 38 heavy (non-hydrogen) atoms. The first-order valence-corrected chi connectivity index (χ1v) is 15.5. The Labute approximate surface area is 220 Å². The van der Waals surface area contributed by atoms with E-state index in [2.05, 4.69) is 9.50 Å². The molecule has 0 unspecified atom stereocenters. The molecular formula is C25H29FN2O8S2. The number of hydrogen-bond donors (Lipinski definition) is 1. The molecule has 1 aromatic heterocycles.